The molecular formula is C14H27NO10. The van der Waals surface area contributed by atoms with E-state index in [2.05, 4.69) is 0 Å². The van der Waals surface area contributed by atoms with Crippen molar-refractivity contribution in [1.29, 1.82) is 0 Å². The van der Waals surface area contributed by atoms with E-state index in [0.29, 0.717) is 0 Å². The molecule has 2 fully saturated rings. The lowest BCUT2D eigenvalue weighted by Crippen LogP contribution is -2.66. The molecule has 11 heteroatoms. The van der Waals surface area contributed by atoms with E-state index < -0.39 is 74.6 Å². The van der Waals surface area contributed by atoms with Crippen molar-refractivity contribution in [2.45, 2.75) is 68.3 Å². The van der Waals surface area contributed by atoms with Crippen LogP contribution < -0.4 is 5.73 Å². The summed E-state index contributed by atoms with van der Waals surface area (Å²) in [7, 11) is 0. The summed E-state index contributed by atoms with van der Waals surface area (Å²) in [4.78, 5) is 0. The van der Waals surface area contributed by atoms with Crippen LogP contribution in [-0.4, -0.2) is 112 Å². The van der Waals surface area contributed by atoms with Gasteiger partial charge in [-0.2, -0.15) is 0 Å². The van der Waals surface area contributed by atoms with Crippen molar-refractivity contribution >= 4 is 0 Å². The molecule has 148 valence electrons. The Hall–Kier alpha value is -0.440. The second-order valence-corrected chi connectivity index (χ2v) is 6.05. The van der Waals surface area contributed by atoms with Gasteiger partial charge in [-0.25, -0.2) is 0 Å². The van der Waals surface area contributed by atoms with Gasteiger partial charge in [0.05, 0.1) is 19.3 Å². The fourth-order valence-electron chi connectivity index (χ4n) is 2.90. The van der Waals surface area contributed by atoms with Crippen LogP contribution in [0.4, 0.5) is 0 Å². The summed E-state index contributed by atoms with van der Waals surface area (Å²) < 4.78 is 21.3. The van der Waals surface area contributed by atoms with Crippen molar-refractivity contribution in [3.8, 4) is 0 Å². The summed E-state index contributed by atoms with van der Waals surface area (Å²) in [5, 5.41) is 58.9. The lowest BCUT2D eigenvalue weighted by Gasteiger charge is -2.46. The van der Waals surface area contributed by atoms with Gasteiger partial charge >= 0.3 is 0 Å². The lowest BCUT2D eigenvalue weighted by molar-refractivity contribution is -0.345. The van der Waals surface area contributed by atoms with E-state index in [4.69, 9.17) is 24.7 Å². The number of hydrogen-bond acceptors (Lipinski definition) is 11. The number of aliphatic hydroxyl groups is 6. The van der Waals surface area contributed by atoms with Crippen LogP contribution in [0.25, 0.3) is 0 Å². The standard InChI is InChI=1S/C14H27NO10/c1-2-22-14-11(21)12(9(19)6(4-17)24-14)25-13-7(15)10(20)8(18)5(3-16)23-13/h5-14,16-21H,2-4,15H2,1H3/t5-,6-,7+,8-,9+,10-,11-,12+,13+,14+/m1/s1. The zero-order chi connectivity index (χ0) is 18.7. The van der Waals surface area contributed by atoms with E-state index in [0.717, 1.165) is 0 Å². The highest BCUT2D eigenvalue weighted by molar-refractivity contribution is 4.95. The third kappa shape index (κ3) is 4.28. The molecule has 2 saturated heterocycles. The average Bonchev–Trinajstić information content (AvgIpc) is 2.60. The smallest absolute Gasteiger partial charge is 0.186 e. The maximum atomic E-state index is 10.3. The Morgan fingerprint density at radius 2 is 1.40 bits per heavy atom. The number of rotatable bonds is 6. The molecule has 0 bridgehead atoms. The zero-order valence-corrected chi connectivity index (χ0v) is 13.8. The number of aliphatic hydroxyl groups excluding tert-OH is 6. The van der Waals surface area contributed by atoms with Gasteiger partial charge in [-0.15, -0.1) is 0 Å². The molecule has 0 saturated carbocycles. The van der Waals surface area contributed by atoms with E-state index in [9.17, 15) is 30.6 Å². The molecule has 2 rings (SSSR count). The van der Waals surface area contributed by atoms with Crippen molar-refractivity contribution in [2.24, 2.45) is 5.73 Å². The van der Waals surface area contributed by atoms with Crippen molar-refractivity contribution in [3.63, 3.8) is 0 Å². The largest absolute Gasteiger partial charge is 0.394 e. The van der Waals surface area contributed by atoms with Crippen LogP contribution in [0.1, 0.15) is 6.92 Å². The van der Waals surface area contributed by atoms with Crippen molar-refractivity contribution in [3.05, 3.63) is 0 Å². The van der Waals surface area contributed by atoms with Crippen molar-refractivity contribution in [1.82, 2.24) is 0 Å². The van der Waals surface area contributed by atoms with Gasteiger partial charge in [-0.05, 0) is 6.92 Å². The van der Waals surface area contributed by atoms with E-state index in [1.165, 1.54) is 0 Å². The molecule has 0 unspecified atom stereocenters. The molecule has 0 aromatic heterocycles. The lowest BCUT2D eigenvalue weighted by atomic mass is 9.96. The summed E-state index contributed by atoms with van der Waals surface area (Å²) in [5.41, 5.74) is 5.78. The topological polar surface area (TPSA) is 184 Å². The van der Waals surface area contributed by atoms with Crippen LogP contribution in [0.5, 0.6) is 0 Å². The monoisotopic (exact) mass is 369 g/mol. The van der Waals surface area contributed by atoms with Gasteiger partial charge in [0, 0.05) is 6.61 Å². The first-order valence-electron chi connectivity index (χ1n) is 8.13. The molecule has 0 aliphatic carbocycles. The molecule has 0 aromatic rings. The third-order valence-corrected chi connectivity index (χ3v) is 4.37. The Bertz CT molecular complexity index is 413. The first-order valence-corrected chi connectivity index (χ1v) is 8.13. The fraction of sp³-hybridized carbons (Fsp3) is 1.00. The van der Waals surface area contributed by atoms with Crippen LogP contribution in [0, 0.1) is 0 Å². The van der Waals surface area contributed by atoms with E-state index in [-0.39, 0.29) is 6.61 Å². The van der Waals surface area contributed by atoms with Crippen LogP contribution >= 0.6 is 0 Å². The SMILES string of the molecule is CCO[C@H]1O[C@H](CO)[C@H](O)[C@H](O[C@@H]2O[C@H](CO)[C@@H](O)[C@H](O)[C@@H]2N)[C@H]1O. The number of ether oxygens (including phenoxy) is 4. The minimum absolute atomic E-state index is 0.208. The van der Waals surface area contributed by atoms with Crippen LogP contribution in [0.2, 0.25) is 0 Å². The maximum absolute atomic E-state index is 10.3. The minimum atomic E-state index is -1.44. The summed E-state index contributed by atoms with van der Waals surface area (Å²) in [6.07, 6.45) is -11.7. The van der Waals surface area contributed by atoms with E-state index >= 15 is 0 Å². The molecule has 0 radical (unpaired) electrons. The Morgan fingerprint density at radius 3 is 1.96 bits per heavy atom. The predicted molar refractivity (Wildman–Crippen MR) is 80.0 cm³/mol. The normalized spacial score (nSPS) is 48.5. The minimum Gasteiger partial charge on any atom is -0.394 e. The Morgan fingerprint density at radius 1 is 0.840 bits per heavy atom. The van der Waals surface area contributed by atoms with Crippen molar-refractivity contribution in [2.75, 3.05) is 19.8 Å². The highest BCUT2D eigenvalue weighted by Crippen LogP contribution is 2.28. The average molecular weight is 369 g/mol. The molecular weight excluding hydrogens is 342 g/mol. The fourth-order valence-corrected chi connectivity index (χ4v) is 2.90. The summed E-state index contributed by atoms with van der Waals surface area (Å²) in [5.74, 6) is 0. The first-order chi connectivity index (χ1) is 11.8. The molecule has 10 atom stereocenters. The predicted octanol–water partition coefficient (Wildman–Crippen LogP) is -4.39. The van der Waals surface area contributed by atoms with Gasteiger partial charge in [-0.1, -0.05) is 0 Å². The third-order valence-electron chi connectivity index (χ3n) is 4.37. The molecule has 0 amide bonds. The second kappa shape index (κ2) is 8.97. The van der Waals surface area contributed by atoms with Crippen LogP contribution in [-0.2, 0) is 18.9 Å². The Labute approximate surface area is 144 Å². The molecule has 0 spiro atoms. The van der Waals surface area contributed by atoms with Gasteiger partial charge in [0.2, 0.25) is 0 Å². The highest BCUT2D eigenvalue weighted by Gasteiger charge is 2.50. The second-order valence-electron chi connectivity index (χ2n) is 6.05. The van der Waals surface area contributed by atoms with Gasteiger partial charge < -0.3 is 55.3 Å². The van der Waals surface area contributed by atoms with E-state index in [1.807, 2.05) is 0 Å². The van der Waals surface area contributed by atoms with Gasteiger partial charge in [0.25, 0.3) is 0 Å². The van der Waals surface area contributed by atoms with E-state index in [1.54, 1.807) is 6.92 Å². The Kier molecular flexibility index (Phi) is 7.49. The molecule has 25 heavy (non-hydrogen) atoms. The molecule has 8 N–H and O–H groups in total. The first kappa shape index (κ1) is 20.9. The maximum Gasteiger partial charge on any atom is 0.186 e. The Balaban J connectivity index is 2.14. The summed E-state index contributed by atoms with van der Waals surface area (Å²) >= 11 is 0. The van der Waals surface area contributed by atoms with Crippen LogP contribution in [0.3, 0.4) is 0 Å². The molecule has 2 aliphatic rings. The zero-order valence-electron chi connectivity index (χ0n) is 13.8. The summed E-state index contributed by atoms with van der Waals surface area (Å²) in [6.45, 7) is 0.744. The number of hydrogen-bond donors (Lipinski definition) is 7. The molecule has 2 aliphatic heterocycles. The molecule has 11 nitrogen and oxygen atoms in total. The quantitative estimate of drug-likeness (QED) is 0.240. The van der Waals surface area contributed by atoms with Gasteiger partial charge in [0.1, 0.15) is 42.7 Å². The van der Waals surface area contributed by atoms with Crippen LogP contribution in [0.15, 0.2) is 0 Å². The molecule has 2 heterocycles. The highest BCUT2D eigenvalue weighted by atomic mass is 16.7. The van der Waals surface area contributed by atoms with Gasteiger partial charge in [0.15, 0.2) is 12.6 Å². The summed E-state index contributed by atoms with van der Waals surface area (Å²) in [6, 6.07) is -1.20. The number of nitrogens with two attached hydrogens (primary N) is 1. The van der Waals surface area contributed by atoms with Crippen molar-refractivity contribution < 1.29 is 49.6 Å². The molecule has 0 aromatic carbocycles. The van der Waals surface area contributed by atoms with Gasteiger partial charge in [-0.3, -0.25) is 0 Å².